The first kappa shape index (κ1) is 23.6. The van der Waals surface area contributed by atoms with Crippen LogP contribution < -0.4 is 14.4 Å². The molecule has 1 N–H and O–H groups in total. The standard InChI is InChI=1S/C27H24N2O6S/c1-5-15-10-11-17-20(13-15)36-27(28-17)29-22(16-7-6-8-19(33-3)25(16)34-4)21(24(31)26(29)32)23(30)18-12-9-14(2)35-18/h6-13,22,31H,5H2,1-4H3. The number of fused-ring (bicyclic) bond motifs is 1. The monoisotopic (exact) mass is 504 g/mol. The molecule has 8 nitrogen and oxygen atoms in total. The SMILES string of the molecule is CCc1ccc2nc(N3C(=O)C(O)=C(C(=O)c4ccc(C)o4)C3c3cccc(OC)c3OC)sc2c1. The van der Waals surface area contributed by atoms with Gasteiger partial charge >= 0.3 is 0 Å². The number of anilines is 1. The Morgan fingerprint density at radius 2 is 1.97 bits per heavy atom. The van der Waals surface area contributed by atoms with Crippen molar-refractivity contribution in [3.63, 3.8) is 0 Å². The number of nitrogens with zero attached hydrogens (tertiary/aromatic N) is 2. The first-order valence-electron chi connectivity index (χ1n) is 11.4. The van der Waals surface area contributed by atoms with Gasteiger partial charge in [0.05, 0.1) is 30.0 Å². The fourth-order valence-corrected chi connectivity index (χ4v) is 5.48. The second-order valence-electron chi connectivity index (χ2n) is 8.31. The minimum atomic E-state index is -1.02. The largest absolute Gasteiger partial charge is 0.503 e. The van der Waals surface area contributed by atoms with Crippen molar-refractivity contribution in [3.8, 4) is 11.5 Å². The fourth-order valence-electron chi connectivity index (χ4n) is 4.43. The molecule has 0 saturated carbocycles. The number of carbonyl (C=O) groups is 2. The van der Waals surface area contributed by atoms with Crippen LogP contribution in [0, 0.1) is 6.92 Å². The van der Waals surface area contributed by atoms with E-state index in [1.165, 1.54) is 36.5 Å². The van der Waals surface area contributed by atoms with Gasteiger partial charge in [-0.25, -0.2) is 4.98 Å². The van der Waals surface area contributed by atoms with Crippen molar-refractivity contribution >= 4 is 38.4 Å². The number of aryl methyl sites for hydroxylation is 2. The zero-order chi connectivity index (χ0) is 25.6. The Kier molecular flexibility index (Phi) is 6.01. The minimum absolute atomic E-state index is 0.0208. The molecule has 1 atom stereocenters. The van der Waals surface area contributed by atoms with Gasteiger partial charge in [-0.05, 0) is 49.2 Å². The lowest BCUT2D eigenvalue weighted by atomic mass is 9.94. The summed E-state index contributed by atoms with van der Waals surface area (Å²) < 4.78 is 17.6. The number of carbonyl (C=O) groups excluding carboxylic acids is 2. The molecule has 9 heteroatoms. The van der Waals surface area contributed by atoms with Crippen LogP contribution in [-0.2, 0) is 11.2 Å². The van der Waals surface area contributed by atoms with Crippen molar-refractivity contribution in [2.75, 3.05) is 19.1 Å². The molecular weight excluding hydrogens is 480 g/mol. The van der Waals surface area contributed by atoms with Crippen LogP contribution in [0.5, 0.6) is 11.5 Å². The molecule has 1 amide bonds. The lowest BCUT2D eigenvalue weighted by Crippen LogP contribution is -2.31. The number of aliphatic hydroxyl groups is 1. The Morgan fingerprint density at radius 1 is 1.17 bits per heavy atom. The molecule has 0 saturated heterocycles. The predicted molar refractivity (Wildman–Crippen MR) is 136 cm³/mol. The quantitative estimate of drug-likeness (QED) is 0.329. The average Bonchev–Trinajstić information content (AvgIpc) is 3.58. The molecule has 4 aromatic rings. The first-order valence-corrected chi connectivity index (χ1v) is 12.2. The number of hydrogen-bond donors (Lipinski definition) is 1. The molecule has 5 rings (SSSR count). The summed E-state index contributed by atoms with van der Waals surface area (Å²) in [7, 11) is 2.98. The van der Waals surface area contributed by atoms with Crippen LogP contribution in [-0.4, -0.2) is 36.0 Å². The lowest BCUT2D eigenvalue weighted by Gasteiger charge is -2.26. The lowest BCUT2D eigenvalue weighted by molar-refractivity contribution is -0.117. The highest BCUT2D eigenvalue weighted by atomic mass is 32.1. The number of rotatable bonds is 7. The van der Waals surface area contributed by atoms with Crippen molar-refractivity contribution in [3.05, 3.63) is 82.5 Å². The minimum Gasteiger partial charge on any atom is -0.503 e. The number of benzene rings is 2. The van der Waals surface area contributed by atoms with Crippen molar-refractivity contribution in [1.82, 2.24) is 4.98 Å². The van der Waals surface area contributed by atoms with Gasteiger partial charge in [0.2, 0.25) is 5.78 Å². The van der Waals surface area contributed by atoms with Crippen LogP contribution in [0.4, 0.5) is 5.13 Å². The molecule has 0 spiro atoms. The topological polar surface area (TPSA) is 102 Å². The molecule has 1 unspecified atom stereocenters. The highest BCUT2D eigenvalue weighted by Crippen LogP contribution is 2.48. The maximum Gasteiger partial charge on any atom is 0.296 e. The van der Waals surface area contributed by atoms with Crippen molar-refractivity contribution in [2.45, 2.75) is 26.3 Å². The van der Waals surface area contributed by atoms with Gasteiger partial charge in [0.15, 0.2) is 28.1 Å². The third-order valence-corrected chi connectivity index (χ3v) is 7.22. The van der Waals surface area contributed by atoms with Gasteiger partial charge in [-0.15, -0.1) is 0 Å². The molecular formula is C27H24N2O6S. The van der Waals surface area contributed by atoms with E-state index in [2.05, 4.69) is 11.9 Å². The highest BCUT2D eigenvalue weighted by molar-refractivity contribution is 7.22. The molecule has 3 heterocycles. The van der Waals surface area contributed by atoms with E-state index in [1.54, 1.807) is 31.2 Å². The number of aliphatic hydroxyl groups excluding tert-OH is 1. The van der Waals surface area contributed by atoms with E-state index in [1.807, 2.05) is 18.2 Å². The summed E-state index contributed by atoms with van der Waals surface area (Å²) in [4.78, 5) is 33.1. The maximum atomic E-state index is 13.6. The number of para-hydroxylation sites is 1. The van der Waals surface area contributed by atoms with Gasteiger partial charge in [0.1, 0.15) is 11.8 Å². The molecule has 2 aromatic heterocycles. The zero-order valence-corrected chi connectivity index (χ0v) is 21.0. The number of hydrogen-bond acceptors (Lipinski definition) is 8. The molecule has 1 aliphatic heterocycles. The van der Waals surface area contributed by atoms with Crippen LogP contribution in [0.1, 0.15) is 40.4 Å². The molecule has 1 aliphatic rings. The van der Waals surface area contributed by atoms with E-state index in [-0.39, 0.29) is 11.3 Å². The highest BCUT2D eigenvalue weighted by Gasteiger charge is 2.47. The number of ketones is 1. The Bertz CT molecular complexity index is 1530. The van der Waals surface area contributed by atoms with Gasteiger partial charge in [0.25, 0.3) is 5.91 Å². The first-order chi connectivity index (χ1) is 17.4. The summed E-state index contributed by atoms with van der Waals surface area (Å²) >= 11 is 1.31. The molecule has 0 aliphatic carbocycles. The van der Waals surface area contributed by atoms with Gasteiger partial charge in [-0.1, -0.05) is 36.5 Å². The van der Waals surface area contributed by atoms with Crippen LogP contribution in [0.25, 0.3) is 10.2 Å². The number of furan rings is 1. The summed E-state index contributed by atoms with van der Waals surface area (Å²) in [5.74, 6) is -0.663. The summed E-state index contributed by atoms with van der Waals surface area (Å²) in [6.07, 6.45) is 0.860. The number of aromatic nitrogens is 1. The third kappa shape index (κ3) is 3.72. The molecule has 184 valence electrons. The zero-order valence-electron chi connectivity index (χ0n) is 20.2. The summed E-state index contributed by atoms with van der Waals surface area (Å²) in [6.45, 7) is 3.78. The van der Waals surface area contributed by atoms with Crippen molar-refractivity contribution < 1.29 is 28.6 Å². The van der Waals surface area contributed by atoms with E-state index in [4.69, 9.17) is 13.9 Å². The smallest absolute Gasteiger partial charge is 0.296 e. The number of ether oxygens (including phenoxy) is 2. The predicted octanol–water partition coefficient (Wildman–Crippen LogP) is 5.56. The number of thiazole rings is 1. The summed E-state index contributed by atoms with van der Waals surface area (Å²) in [6, 6.07) is 13.3. The van der Waals surface area contributed by atoms with Crippen LogP contribution in [0.3, 0.4) is 0 Å². The van der Waals surface area contributed by atoms with Gasteiger partial charge in [-0.3, -0.25) is 14.5 Å². The fraction of sp³-hybridized carbons (Fsp3) is 0.222. The van der Waals surface area contributed by atoms with Gasteiger partial charge in [0, 0.05) is 5.56 Å². The number of methoxy groups -OCH3 is 2. The molecule has 2 aromatic carbocycles. The van der Waals surface area contributed by atoms with Crippen molar-refractivity contribution in [1.29, 1.82) is 0 Å². The van der Waals surface area contributed by atoms with Gasteiger partial charge < -0.3 is 19.0 Å². The number of amides is 1. The maximum absolute atomic E-state index is 13.6. The van der Waals surface area contributed by atoms with Crippen LogP contribution >= 0.6 is 11.3 Å². The van der Waals surface area contributed by atoms with Crippen LogP contribution in [0.2, 0.25) is 0 Å². The van der Waals surface area contributed by atoms with Gasteiger partial charge in [-0.2, -0.15) is 0 Å². The second-order valence-corrected chi connectivity index (χ2v) is 9.32. The molecule has 0 radical (unpaired) electrons. The average molecular weight is 505 g/mol. The normalized spacial score (nSPS) is 15.7. The number of Topliss-reactive ketones (excluding diaryl/α,β-unsaturated/α-hetero) is 1. The van der Waals surface area contributed by atoms with Crippen LogP contribution in [0.15, 0.2) is 64.3 Å². The second kappa shape index (κ2) is 9.16. The molecule has 0 bridgehead atoms. The van der Waals surface area contributed by atoms with E-state index in [0.717, 1.165) is 22.2 Å². The molecule has 0 fully saturated rings. The Labute approximate surface area is 211 Å². The Morgan fingerprint density at radius 3 is 2.64 bits per heavy atom. The van der Waals surface area contributed by atoms with E-state index in [9.17, 15) is 14.7 Å². The Balaban J connectivity index is 1.73. The molecule has 36 heavy (non-hydrogen) atoms. The summed E-state index contributed by atoms with van der Waals surface area (Å²) in [5.41, 5.74) is 2.21. The van der Waals surface area contributed by atoms with Crippen molar-refractivity contribution in [2.24, 2.45) is 0 Å². The Hall–Kier alpha value is -4.11. The third-order valence-electron chi connectivity index (χ3n) is 6.20. The van der Waals surface area contributed by atoms with E-state index in [0.29, 0.717) is 28.0 Å². The van der Waals surface area contributed by atoms with E-state index < -0.39 is 23.5 Å². The summed E-state index contributed by atoms with van der Waals surface area (Å²) in [5, 5.41) is 11.4. The van der Waals surface area contributed by atoms with E-state index >= 15 is 0 Å².